The Bertz CT molecular complexity index is 1070. The zero-order chi connectivity index (χ0) is 24.6. The van der Waals surface area contributed by atoms with Gasteiger partial charge < -0.3 is 19.7 Å². The standard InChI is InChI=1S/C29H40N4O2/c1-33(2)28-26-12-8-9-13-27(26)31-29(32-28)30-23-16-14-21(15-17-23)10-6-5-7-11-22-18-24(34-3)20-25(19-22)35-4/h8-9,12-13,18-21,23H,5-7,10-11,14-17H2,1-4H3,(H,30,31,32). The fourth-order valence-corrected chi connectivity index (χ4v) is 5.19. The molecule has 1 saturated carbocycles. The lowest BCUT2D eigenvalue weighted by molar-refractivity contribution is 0.311. The zero-order valence-corrected chi connectivity index (χ0v) is 21.7. The molecular formula is C29H40N4O2. The molecule has 0 bridgehead atoms. The van der Waals surface area contributed by atoms with Gasteiger partial charge in [0.25, 0.3) is 0 Å². The molecule has 1 N–H and O–H groups in total. The van der Waals surface area contributed by atoms with Gasteiger partial charge in [-0.15, -0.1) is 0 Å². The Hall–Kier alpha value is -3.02. The highest BCUT2D eigenvalue weighted by molar-refractivity contribution is 5.90. The summed E-state index contributed by atoms with van der Waals surface area (Å²) in [7, 11) is 7.49. The highest BCUT2D eigenvalue weighted by Gasteiger charge is 2.22. The van der Waals surface area contributed by atoms with Crippen LogP contribution >= 0.6 is 0 Å². The predicted molar refractivity (Wildman–Crippen MR) is 145 cm³/mol. The van der Waals surface area contributed by atoms with Gasteiger partial charge in [0, 0.05) is 31.6 Å². The second kappa shape index (κ2) is 12.1. The third-order valence-corrected chi connectivity index (χ3v) is 7.18. The van der Waals surface area contributed by atoms with Crippen molar-refractivity contribution >= 4 is 22.7 Å². The largest absolute Gasteiger partial charge is 0.497 e. The minimum absolute atomic E-state index is 0.463. The monoisotopic (exact) mass is 476 g/mol. The molecule has 0 radical (unpaired) electrons. The van der Waals surface area contributed by atoms with Crippen LogP contribution in [0.3, 0.4) is 0 Å². The summed E-state index contributed by atoms with van der Waals surface area (Å²) in [5, 5.41) is 4.73. The van der Waals surface area contributed by atoms with E-state index in [-0.39, 0.29) is 0 Å². The molecule has 2 aromatic carbocycles. The Balaban J connectivity index is 1.19. The van der Waals surface area contributed by atoms with E-state index in [1.165, 1.54) is 56.9 Å². The van der Waals surface area contributed by atoms with E-state index in [1.807, 2.05) is 32.3 Å². The average molecular weight is 477 g/mol. The maximum Gasteiger partial charge on any atom is 0.225 e. The van der Waals surface area contributed by atoms with Gasteiger partial charge in [0.05, 0.1) is 19.7 Å². The Kier molecular flexibility index (Phi) is 8.67. The topological polar surface area (TPSA) is 59.5 Å². The molecular weight excluding hydrogens is 436 g/mol. The fourth-order valence-electron chi connectivity index (χ4n) is 5.19. The number of para-hydroxylation sites is 1. The molecule has 0 spiro atoms. The Labute approximate surface area is 210 Å². The van der Waals surface area contributed by atoms with Crippen molar-refractivity contribution in [2.75, 3.05) is 38.5 Å². The van der Waals surface area contributed by atoms with Gasteiger partial charge in [-0.2, -0.15) is 4.98 Å². The highest BCUT2D eigenvalue weighted by atomic mass is 16.5. The first kappa shape index (κ1) is 25.1. The lowest BCUT2D eigenvalue weighted by Gasteiger charge is -2.29. The van der Waals surface area contributed by atoms with Gasteiger partial charge in [0.15, 0.2) is 0 Å². The van der Waals surface area contributed by atoms with Crippen molar-refractivity contribution in [3.63, 3.8) is 0 Å². The molecule has 1 fully saturated rings. The summed E-state index contributed by atoms with van der Waals surface area (Å²) in [5.74, 6) is 4.32. The van der Waals surface area contributed by atoms with Crippen molar-refractivity contribution in [1.29, 1.82) is 0 Å². The van der Waals surface area contributed by atoms with E-state index in [2.05, 4.69) is 34.5 Å². The summed E-state index contributed by atoms with van der Waals surface area (Å²) in [6.45, 7) is 0. The maximum atomic E-state index is 5.39. The zero-order valence-electron chi connectivity index (χ0n) is 21.7. The summed E-state index contributed by atoms with van der Waals surface area (Å²) in [5.41, 5.74) is 2.29. The molecule has 0 aliphatic heterocycles. The van der Waals surface area contributed by atoms with Gasteiger partial charge in [0.2, 0.25) is 5.95 Å². The summed E-state index contributed by atoms with van der Waals surface area (Å²) in [6.07, 6.45) is 11.2. The minimum atomic E-state index is 0.463. The number of anilines is 2. The molecule has 6 heteroatoms. The molecule has 1 aliphatic carbocycles. The van der Waals surface area contributed by atoms with Crippen molar-refractivity contribution in [3.8, 4) is 11.5 Å². The normalized spacial score (nSPS) is 17.8. The number of ether oxygens (including phenoxy) is 2. The van der Waals surface area contributed by atoms with Crippen molar-refractivity contribution in [1.82, 2.24) is 9.97 Å². The molecule has 3 aromatic rings. The number of nitrogens with one attached hydrogen (secondary N) is 1. The smallest absolute Gasteiger partial charge is 0.225 e. The molecule has 1 aliphatic rings. The molecule has 1 aromatic heterocycles. The maximum absolute atomic E-state index is 5.39. The number of hydrogen-bond acceptors (Lipinski definition) is 6. The van der Waals surface area contributed by atoms with E-state index in [1.54, 1.807) is 14.2 Å². The van der Waals surface area contributed by atoms with E-state index in [9.17, 15) is 0 Å². The number of unbranched alkanes of at least 4 members (excludes halogenated alkanes) is 2. The van der Waals surface area contributed by atoms with E-state index < -0.39 is 0 Å². The third kappa shape index (κ3) is 6.77. The lowest BCUT2D eigenvalue weighted by Crippen LogP contribution is -2.27. The SMILES string of the molecule is COc1cc(CCCCCC2CCC(Nc3nc(N(C)C)c4ccccc4n3)CC2)cc(OC)c1. The number of hydrogen-bond donors (Lipinski definition) is 1. The average Bonchev–Trinajstić information content (AvgIpc) is 2.88. The molecule has 4 rings (SSSR count). The second-order valence-corrected chi connectivity index (χ2v) is 9.96. The molecule has 6 nitrogen and oxygen atoms in total. The summed E-state index contributed by atoms with van der Waals surface area (Å²) in [6, 6.07) is 14.9. The van der Waals surface area contributed by atoms with Crippen LogP contribution in [0.4, 0.5) is 11.8 Å². The van der Waals surface area contributed by atoms with E-state index >= 15 is 0 Å². The van der Waals surface area contributed by atoms with Crippen molar-refractivity contribution in [2.24, 2.45) is 5.92 Å². The summed E-state index contributed by atoms with van der Waals surface area (Å²) >= 11 is 0. The number of aryl methyl sites for hydroxylation is 1. The molecule has 0 saturated heterocycles. The van der Waals surface area contributed by atoms with E-state index in [0.29, 0.717) is 6.04 Å². The number of methoxy groups -OCH3 is 2. The Morgan fingerprint density at radius 2 is 1.60 bits per heavy atom. The van der Waals surface area contributed by atoms with Gasteiger partial charge in [-0.3, -0.25) is 0 Å². The predicted octanol–water partition coefficient (Wildman–Crippen LogP) is 6.49. The van der Waals surface area contributed by atoms with Gasteiger partial charge in [0.1, 0.15) is 17.3 Å². The van der Waals surface area contributed by atoms with Crippen LogP contribution in [-0.4, -0.2) is 44.3 Å². The van der Waals surface area contributed by atoms with Crippen LogP contribution in [0.5, 0.6) is 11.5 Å². The summed E-state index contributed by atoms with van der Waals surface area (Å²) < 4.78 is 10.8. The highest BCUT2D eigenvalue weighted by Crippen LogP contribution is 2.31. The molecule has 35 heavy (non-hydrogen) atoms. The quantitative estimate of drug-likeness (QED) is 0.319. The number of fused-ring (bicyclic) bond motifs is 1. The number of benzene rings is 2. The molecule has 0 atom stereocenters. The van der Waals surface area contributed by atoms with E-state index in [0.717, 1.165) is 46.5 Å². The molecule has 188 valence electrons. The van der Waals surface area contributed by atoms with Crippen LogP contribution in [0, 0.1) is 5.92 Å². The molecule has 1 heterocycles. The minimum Gasteiger partial charge on any atom is -0.497 e. The van der Waals surface area contributed by atoms with Crippen molar-refractivity contribution in [3.05, 3.63) is 48.0 Å². The van der Waals surface area contributed by atoms with Crippen LogP contribution in [-0.2, 0) is 6.42 Å². The van der Waals surface area contributed by atoms with Gasteiger partial charge in [-0.1, -0.05) is 31.4 Å². The number of nitrogens with zero attached hydrogens (tertiary/aromatic N) is 3. The summed E-state index contributed by atoms with van der Waals surface area (Å²) in [4.78, 5) is 11.7. The second-order valence-electron chi connectivity index (χ2n) is 9.96. The first-order valence-corrected chi connectivity index (χ1v) is 13.0. The van der Waals surface area contributed by atoms with Gasteiger partial charge >= 0.3 is 0 Å². The first-order chi connectivity index (χ1) is 17.1. The number of rotatable bonds is 11. The van der Waals surface area contributed by atoms with Crippen LogP contribution in [0.2, 0.25) is 0 Å². The van der Waals surface area contributed by atoms with Crippen LogP contribution in [0.25, 0.3) is 10.9 Å². The van der Waals surface area contributed by atoms with Crippen LogP contribution in [0.1, 0.15) is 56.9 Å². The van der Waals surface area contributed by atoms with Crippen LogP contribution in [0.15, 0.2) is 42.5 Å². The Morgan fingerprint density at radius 3 is 2.29 bits per heavy atom. The molecule has 0 amide bonds. The van der Waals surface area contributed by atoms with Crippen molar-refractivity contribution in [2.45, 2.75) is 63.8 Å². The first-order valence-electron chi connectivity index (χ1n) is 13.0. The van der Waals surface area contributed by atoms with Gasteiger partial charge in [-0.05, 0) is 74.3 Å². The fraction of sp³-hybridized carbons (Fsp3) is 0.517. The van der Waals surface area contributed by atoms with Crippen LogP contribution < -0.4 is 19.7 Å². The van der Waals surface area contributed by atoms with E-state index in [4.69, 9.17) is 19.4 Å². The van der Waals surface area contributed by atoms with Crippen molar-refractivity contribution < 1.29 is 9.47 Å². The Morgan fingerprint density at radius 1 is 0.886 bits per heavy atom. The number of aromatic nitrogens is 2. The molecule has 0 unspecified atom stereocenters. The van der Waals surface area contributed by atoms with Gasteiger partial charge in [-0.25, -0.2) is 4.98 Å². The third-order valence-electron chi connectivity index (χ3n) is 7.18. The lowest BCUT2D eigenvalue weighted by atomic mass is 9.83.